The van der Waals surface area contributed by atoms with Gasteiger partial charge in [0.15, 0.2) is 0 Å². The lowest BCUT2D eigenvalue weighted by Gasteiger charge is -2.36. The van der Waals surface area contributed by atoms with E-state index in [9.17, 15) is 19.8 Å². The molecule has 3 N–H and O–H groups in total. The molecule has 7 nitrogen and oxygen atoms in total. The predicted molar refractivity (Wildman–Crippen MR) is 74.9 cm³/mol. The second kappa shape index (κ2) is 7.61. The Bertz CT molecular complexity index is 370. The van der Waals surface area contributed by atoms with Gasteiger partial charge in [0.2, 0.25) is 0 Å². The number of amides is 2. The smallest absolute Gasteiger partial charge is 0.326 e. The van der Waals surface area contributed by atoms with E-state index in [2.05, 4.69) is 5.32 Å². The number of nitrogens with one attached hydrogen (secondary N) is 1. The van der Waals surface area contributed by atoms with Crippen LogP contribution in [0.3, 0.4) is 0 Å². The Labute approximate surface area is 124 Å². The summed E-state index contributed by atoms with van der Waals surface area (Å²) in [5.41, 5.74) is 0. The van der Waals surface area contributed by atoms with Crippen molar-refractivity contribution in [2.24, 2.45) is 5.92 Å². The van der Waals surface area contributed by atoms with Crippen LogP contribution in [-0.4, -0.2) is 65.6 Å². The van der Waals surface area contributed by atoms with Gasteiger partial charge in [-0.3, -0.25) is 0 Å². The second-order valence-electron chi connectivity index (χ2n) is 5.77. The Hall–Kier alpha value is -1.34. The molecule has 0 radical (unpaired) electrons. The summed E-state index contributed by atoms with van der Waals surface area (Å²) in [6.07, 6.45) is 4.84. The van der Waals surface area contributed by atoms with Crippen LogP contribution in [0.5, 0.6) is 0 Å². The minimum atomic E-state index is -0.982. The van der Waals surface area contributed by atoms with Crippen molar-refractivity contribution in [2.45, 2.75) is 44.2 Å². The number of aliphatic hydroxyl groups is 1. The minimum Gasteiger partial charge on any atom is -0.480 e. The molecule has 1 heterocycles. The third kappa shape index (κ3) is 4.07. The molecule has 2 unspecified atom stereocenters. The molecular formula is C14H24N2O5. The number of aliphatic hydroxyl groups excluding tert-OH is 1. The third-order valence-corrected chi connectivity index (χ3v) is 4.37. The second-order valence-corrected chi connectivity index (χ2v) is 5.77. The highest BCUT2D eigenvalue weighted by molar-refractivity contribution is 5.83. The maximum Gasteiger partial charge on any atom is 0.326 e. The number of morpholine rings is 1. The van der Waals surface area contributed by atoms with Crippen molar-refractivity contribution in [3.63, 3.8) is 0 Å². The predicted octanol–water partition coefficient (Wildman–Crippen LogP) is 0.423. The molecule has 1 aliphatic carbocycles. The number of hydrogen-bond acceptors (Lipinski definition) is 4. The van der Waals surface area contributed by atoms with Gasteiger partial charge in [-0.2, -0.15) is 0 Å². The zero-order chi connectivity index (χ0) is 15.2. The summed E-state index contributed by atoms with van der Waals surface area (Å²) in [5, 5.41) is 21.3. The molecule has 120 valence electrons. The van der Waals surface area contributed by atoms with Gasteiger partial charge in [0.25, 0.3) is 0 Å². The fourth-order valence-corrected chi connectivity index (χ4v) is 3.14. The van der Waals surface area contributed by atoms with Gasteiger partial charge in [0.05, 0.1) is 25.9 Å². The third-order valence-electron chi connectivity index (χ3n) is 4.37. The quantitative estimate of drug-likeness (QED) is 0.699. The summed E-state index contributed by atoms with van der Waals surface area (Å²) >= 11 is 0. The summed E-state index contributed by atoms with van der Waals surface area (Å²) in [5.74, 6) is -0.988. The van der Waals surface area contributed by atoms with Gasteiger partial charge in [0.1, 0.15) is 6.04 Å². The molecule has 0 aromatic carbocycles. The van der Waals surface area contributed by atoms with E-state index >= 15 is 0 Å². The van der Waals surface area contributed by atoms with Crippen molar-refractivity contribution in [3.05, 3.63) is 0 Å². The SMILES string of the molecule is O=C(O)C(NC(=O)N1CCOCC1CO)C1CCCCC1. The summed E-state index contributed by atoms with van der Waals surface area (Å²) in [6.45, 7) is 0.874. The molecule has 1 saturated carbocycles. The maximum absolute atomic E-state index is 12.3. The van der Waals surface area contributed by atoms with E-state index in [0.717, 1.165) is 32.1 Å². The van der Waals surface area contributed by atoms with Gasteiger partial charge < -0.3 is 25.2 Å². The van der Waals surface area contributed by atoms with Gasteiger partial charge in [-0.25, -0.2) is 9.59 Å². The molecule has 7 heteroatoms. The van der Waals surface area contributed by atoms with E-state index < -0.39 is 24.1 Å². The highest BCUT2D eigenvalue weighted by Gasteiger charge is 2.34. The summed E-state index contributed by atoms with van der Waals surface area (Å²) in [4.78, 5) is 25.2. The van der Waals surface area contributed by atoms with Crippen molar-refractivity contribution in [1.82, 2.24) is 10.2 Å². The molecule has 0 aromatic rings. The van der Waals surface area contributed by atoms with Crippen LogP contribution in [0, 0.1) is 5.92 Å². The largest absolute Gasteiger partial charge is 0.480 e. The van der Waals surface area contributed by atoms with Crippen LogP contribution in [0.25, 0.3) is 0 Å². The minimum absolute atomic E-state index is 0.00572. The van der Waals surface area contributed by atoms with E-state index in [1.165, 1.54) is 4.90 Å². The highest BCUT2D eigenvalue weighted by Crippen LogP contribution is 2.27. The number of aliphatic carboxylic acids is 1. The van der Waals surface area contributed by atoms with Crippen molar-refractivity contribution in [3.8, 4) is 0 Å². The lowest BCUT2D eigenvalue weighted by molar-refractivity contribution is -0.141. The number of urea groups is 1. The van der Waals surface area contributed by atoms with Crippen LogP contribution in [-0.2, 0) is 9.53 Å². The number of ether oxygens (including phenoxy) is 1. The number of carbonyl (C=O) groups is 2. The molecule has 2 atom stereocenters. The van der Waals surface area contributed by atoms with E-state index in [1.54, 1.807) is 0 Å². The van der Waals surface area contributed by atoms with Crippen LogP contribution in [0.1, 0.15) is 32.1 Å². The first-order chi connectivity index (χ1) is 10.1. The van der Waals surface area contributed by atoms with Crippen LogP contribution in [0.15, 0.2) is 0 Å². The molecular weight excluding hydrogens is 276 g/mol. The van der Waals surface area contributed by atoms with Gasteiger partial charge in [-0.15, -0.1) is 0 Å². The molecule has 0 bridgehead atoms. The first-order valence-corrected chi connectivity index (χ1v) is 7.62. The van der Waals surface area contributed by atoms with Crippen LogP contribution in [0.2, 0.25) is 0 Å². The monoisotopic (exact) mass is 300 g/mol. The van der Waals surface area contributed by atoms with Gasteiger partial charge >= 0.3 is 12.0 Å². The van der Waals surface area contributed by atoms with Gasteiger partial charge in [-0.1, -0.05) is 19.3 Å². The zero-order valence-corrected chi connectivity index (χ0v) is 12.2. The number of carbonyl (C=O) groups excluding carboxylic acids is 1. The van der Waals surface area contributed by atoms with Crippen LogP contribution in [0.4, 0.5) is 4.79 Å². The summed E-state index contributed by atoms with van der Waals surface area (Å²) in [7, 11) is 0. The first kappa shape index (κ1) is 16.0. The van der Waals surface area contributed by atoms with E-state index in [0.29, 0.717) is 13.2 Å². The molecule has 2 fully saturated rings. The number of hydrogen-bond donors (Lipinski definition) is 3. The fourth-order valence-electron chi connectivity index (χ4n) is 3.14. The lowest BCUT2D eigenvalue weighted by atomic mass is 9.84. The molecule has 21 heavy (non-hydrogen) atoms. The van der Waals surface area contributed by atoms with Crippen molar-refractivity contribution >= 4 is 12.0 Å². The molecule has 1 aliphatic heterocycles. The molecule has 0 aromatic heterocycles. The lowest BCUT2D eigenvalue weighted by Crippen LogP contribution is -2.58. The topological polar surface area (TPSA) is 99.1 Å². The Balaban J connectivity index is 1.98. The Kier molecular flexibility index (Phi) is 5.81. The highest BCUT2D eigenvalue weighted by atomic mass is 16.5. The molecule has 2 amide bonds. The zero-order valence-electron chi connectivity index (χ0n) is 12.2. The molecule has 1 saturated heterocycles. The van der Waals surface area contributed by atoms with E-state index in [4.69, 9.17) is 4.74 Å². The molecule has 2 rings (SSSR count). The van der Waals surface area contributed by atoms with E-state index in [-0.39, 0.29) is 19.1 Å². The van der Waals surface area contributed by atoms with Crippen LogP contribution < -0.4 is 5.32 Å². The van der Waals surface area contributed by atoms with Crippen LogP contribution >= 0.6 is 0 Å². The average Bonchev–Trinajstić information content (AvgIpc) is 2.52. The van der Waals surface area contributed by atoms with Crippen molar-refractivity contribution in [1.29, 1.82) is 0 Å². The van der Waals surface area contributed by atoms with Crippen molar-refractivity contribution in [2.75, 3.05) is 26.4 Å². The van der Waals surface area contributed by atoms with Crippen molar-refractivity contribution < 1.29 is 24.5 Å². The molecule has 0 spiro atoms. The average molecular weight is 300 g/mol. The number of carboxylic acids is 1. The molecule has 2 aliphatic rings. The maximum atomic E-state index is 12.3. The first-order valence-electron chi connectivity index (χ1n) is 7.62. The number of rotatable bonds is 4. The Morgan fingerprint density at radius 3 is 2.62 bits per heavy atom. The van der Waals surface area contributed by atoms with Gasteiger partial charge in [0, 0.05) is 6.54 Å². The van der Waals surface area contributed by atoms with Gasteiger partial charge in [-0.05, 0) is 18.8 Å². The summed E-state index contributed by atoms with van der Waals surface area (Å²) in [6, 6.07) is -1.67. The Morgan fingerprint density at radius 2 is 2.00 bits per heavy atom. The number of nitrogens with zero attached hydrogens (tertiary/aromatic N) is 1. The Morgan fingerprint density at radius 1 is 1.29 bits per heavy atom. The number of carboxylic acid groups (broad SMARTS) is 1. The standard InChI is InChI=1S/C14H24N2O5/c17-8-11-9-21-7-6-16(11)14(20)15-12(13(18)19)10-4-2-1-3-5-10/h10-12,17H,1-9H2,(H,15,20)(H,18,19). The van der Waals surface area contributed by atoms with E-state index in [1.807, 2.05) is 0 Å². The normalized spacial score (nSPS) is 25.4. The summed E-state index contributed by atoms with van der Waals surface area (Å²) < 4.78 is 5.22. The fraction of sp³-hybridized carbons (Fsp3) is 0.857.